The Kier molecular flexibility index (Phi) is 3.02. The van der Waals surface area contributed by atoms with Crippen molar-refractivity contribution in [2.24, 2.45) is 40.9 Å². The van der Waals surface area contributed by atoms with E-state index in [0.717, 1.165) is 44.4 Å². The number of hydrogen-bond donors (Lipinski definition) is 1. The average Bonchev–Trinajstić information content (AvgIpc) is 3.05. The monoisotopic (exact) mass is 324 g/mol. The molecule has 5 rings (SSSR count). The zero-order chi connectivity index (χ0) is 16.7. The summed E-state index contributed by atoms with van der Waals surface area (Å²) in [7, 11) is 0. The first-order valence-corrected chi connectivity index (χ1v) is 9.93. The summed E-state index contributed by atoms with van der Waals surface area (Å²) in [5.41, 5.74) is 0.541. The van der Waals surface area contributed by atoms with Crippen molar-refractivity contribution >= 4 is 5.78 Å². The highest BCUT2D eigenvalue weighted by atomic mass is 16.3. The van der Waals surface area contributed by atoms with E-state index in [4.69, 9.17) is 6.42 Å². The largest absolute Gasteiger partial charge is 0.377 e. The van der Waals surface area contributed by atoms with Gasteiger partial charge >= 0.3 is 0 Å². The average molecular weight is 324 g/mol. The molecule has 2 heteroatoms. The van der Waals surface area contributed by atoms with Crippen molar-refractivity contribution in [3.63, 3.8) is 0 Å². The molecule has 4 unspecified atom stereocenters. The molecule has 0 aromatic rings. The summed E-state index contributed by atoms with van der Waals surface area (Å²) < 4.78 is 0. The van der Waals surface area contributed by atoms with Crippen molar-refractivity contribution < 1.29 is 9.90 Å². The minimum absolute atomic E-state index is 0.0285. The Morgan fingerprint density at radius 3 is 2.92 bits per heavy atom. The molecule has 5 aliphatic rings. The summed E-state index contributed by atoms with van der Waals surface area (Å²) in [6, 6.07) is 0. The molecule has 128 valence electrons. The third-order valence-corrected chi connectivity index (χ3v) is 8.93. The Bertz CT molecular complexity index is 670. The SMILES string of the molecule is C#C[C@]1(O)CCC2C3CCC4=CC(=O)CCC4C3[C@H]3C[C@H](C)[C@]21C3. The summed E-state index contributed by atoms with van der Waals surface area (Å²) in [6.07, 6.45) is 16.2. The van der Waals surface area contributed by atoms with Gasteiger partial charge in [0, 0.05) is 11.8 Å². The van der Waals surface area contributed by atoms with Gasteiger partial charge in [0.1, 0.15) is 5.60 Å². The molecule has 0 heterocycles. The van der Waals surface area contributed by atoms with Crippen LogP contribution in [0.25, 0.3) is 0 Å². The maximum Gasteiger partial charge on any atom is 0.155 e. The topological polar surface area (TPSA) is 37.3 Å². The van der Waals surface area contributed by atoms with Crippen LogP contribution < -0.4 is 0 Å². The predicted octanol–water partition coefficient (Wildman–Crippen LogP) is 3.74. The van der Waals surface area contributed by atoms with Gasteiger partial charge in [-0.2, -0.15) is 0 Å². The lowest BCUT2D eigenvalue weighted by molar-refractivity contribution is -0.117. The third kappa shape index (κ3) is 1.61. The molecule has 24 heavy (non-hydrogen) atoms. The maximum absolute atomic E-state index is 11.9. The van der Waals surface area contributed by atoms with E-state index in [1.54, 1.807) is 0 Å². The summed E-state index contributed by atoms with van der Waals surface area (Å²) in [4.78, 5) is 11.9. The first-order chi connectivity index (χ1) is 11.5. The van der Waals surface area contributed by atoms with Crippen molar-refractivity contribution in [1.29, 1.82) is 0 Å². The Morgan fingerprint density at radius 2 is 2.12 bits per heavy atom. The van der Waals surface area contributed by atoms with Crippen LogP contribution in [0.2, 0.25) is 0 Å². The molecular weight excluding hydrogens is 296 g/mol. The number of ketones is 1. The molecule has 8 atom stereocenters. The van der Waals surface area contributed by atoms with Crippen LogP contribution in [0, 0.1) is 53.3 Å². The van der Waals surface area contributed by atoms with Crippen LogP contribution in [-0.2, 0) is 4.79 Å². The summed E-state index contributed by atoms with van der Waals surface area (Å²) >= 11 is 0. The van der Waals surface area contributed by atoms with Gasteiger partial charge in [-0.3, -0.25) is 4.79 Å². The number of aliphatic hydroxyl groups is 1. The quantitative estimate of drug-likeness (QED) is 0.689. The van der Waals surface area contributed by atoms with E-state index in [2.05, 4.69) is 12.8 Å². The maximum atomic E-state index is 11.9. The predicted molar refractivity (Wildman–Crippen MR) is 92.9 cm³/mol. The lowest BCUT2D eigenvalue weighted by atomic mass is 9.49. The molecule has 5 aliphatic carbocycles. The molecule has 0 amide bonds. The molecule has 0 aliphatic heterocycles. The highest BCUT2D eigenvalue weighted by Crippen LogP contribution is 2.73. The number of allylic oxidation sites excluding steroid dienone is 1. The van der Waals surface area contributed by atoms with Crippen LogP contribution in [0.3, 0.4) is 0 Å². The van der Waals surface area contributed by atoms with Gasteiger partial charge in [0.2, 0.25) is 0 Å². The Hall–Kier alpha value is -1.07. The van der Waals surface area contributed by atoms with Crippen LogP contribution in [-0.4, -0.2) is 16.5 Å². The van der Waals surface area contributed by atoms with Gasteiger partial charge in [0.15, 0.2) is 5.78 Å². The van der Waals surface area contributed by atoms with Crippen LogP contribution in [0.5, 0.6) is 0 Å². The van der Waals surface area contributed by atoms with Gasteiger partial charge in [-0.1, -0.05) is 18.4 Å². The number of hydrogen-bond acceptors (Lipinski definition) is 2. The molecule has 1 N–H and O–H groups in total. The first kappa shape index (κ1) is 15.2. The van der Waals surface area contributed by atoms with Gasteiger partial charge < -0.3 is 5.11 Å². The molecule has 0 saturated heterocycles. The van der Waals surface area contributed by atoms with E-state index in [0.29, 0.717) is 35.4 Å². The number of fused-ring (bicyclic) bond motifs is 6. The second kappa shape index (κ2) is 4.76. The molecule has 4 saturated carbocycles. The molecule has 0 aromatic heterocycles. The summed E-state index contributed by atoms with van der Waals surface area (Å²) in [6.45, 7) is 2.35. The Balaban J connectivity index is 1.58. The van der Waals surface area contributed by atoms with Crippen molar-refractivity contribution in [2.75, 3.05) is 0 Å². The fourth-order valence-corrected chi connectivity index (χ4v) is 8.27. The van der Waals surface area contributed by atoms with Crippen LogP contribution in [0.4, 0.5) is 0 Å². The zero-order valence-corrected chi connectivity index (χ0v) is 14.6. The van der Waals surface area contributed by atoms with Crippen LogP contribution in [0.15, 0.2) is 11.6 Å². The second-order valence-electron chi connectivity index (χ2n) is 9.40. The van der Waals surface area contributed by atoms with Crippen LogP contribution in [0.1, 0.15) is 58.3 Å². The molecular formula is C22H28O2. The number of carbonyl (C=O) groups excluding carboxylic acids is 1. The molecule has 1 spiro atoms. The third-order valence-electron chi connectivity index (χ3n) is 8.93. The molecule has 0 radical (unpaired) electrons. The van der Waals surface area contributed by atoms with E-state index < -0.39 is 5.60 Å². The zero-order valence-electron chi connectivity index (χ0n) is 14.6. The van der Waals surface area contributed by atoms with E-state index in [9.17, 15) is 9.90 Å². The van der Waals surface area contributed by atoms with Crippen molar-refractivity contribution in [1.82, 2.24) is 0 Å². The number of carbonyl (C=O) groups is 1. The van der Waals surface area contributed by atoms with E-state index in [1.807, 2.05) is 6.08 Å². The van der Waals surface area contributed by atoms with Gasteiger partial charge in [0.25, 0.3) is 0 Å². The molecule has 4 fully saturated rings. The van der Waals surface area contributed by atoms with E-state index in [1.165, 1.54) is 18.4 Å². The summed E-state index contributed by atoms with van der Waals surface area (Å²) in [5.74, 6) is 7.09. The first-order valence-electron chi connectivity index (χ1n) is 9.93. The van der Waals surface area contributed by atoms with Gasteiger partial charge in [-0.05, 0) is 86.5 Å². The Labute approximate surface area is 145 Å². The fraction of sp³-hybridized carbons (Fsp3) is 0.773. The Morgan fingerprint density at radius 1 is 1.29 bits per heavy atom. The minimum Gasteiger partial charge on any atom is -0.377 e. The van der Waals surface area contributed by atoms with Crippen molar-refractivity contribution in [2.45, 2.75) is 63.9 Å². The van der Waals surface area contributed by atoms with Crippen molar-refractivity contribution in [3.8, 4) is 12.3 Å². The molecule has 2 bridgehead atoms. The summed E-state index contributed by atoms with van der Waals surface area (Å²) in [5, 5.41) is 11.3. The second-order valence-corrected chi connectivity index (χ2v) is 9.40. The lowest BCUT2D eigenvalue weighted by Gasteiger charge is -2.55. The molecule has 0 aromatic carbocycles. The number of rotatable bonds is 0. The standard InChI is InChI=1S/C22H28O2/c1-3-21(24)9-8-19-18-6-4-14-11-16(23)5-7-17(14)20(18)15-10-13(2)22(19,21)12-15/h1,11,13,15,17-20,24H,4-10,12H2,2H3/t13-,15-,17?,18?,19?,20?,21-,22+/m0/s1. The smallest absolute Gasteiger partial charge is 0.155 e. The number of terminal acetylenes is 1. The van der Waals surface area contributed by atoms with Crippen LogP contribution >= 0.6 is 0 Å². The lowest BCUT2D eigenvalue weighted by Crippen LogP contribution is -2.54. The highest BCUT2D eigenvalue weighted by Gasteiger charge is 2.71. The van der Waals surface area contributed by atoms with Gasteiger partial charge in [-0.25, -0.2) is 0 Å². The van der Waals surface area contributed by atoms with Gasteiger partial charge in [-0.15, -0.1) is 6.42 Å². The van der Waals surface area contributed by atoms with Gasteiger partial charge in [0.05, 0.1) is 0 Å². The van der Waals surface area contributed by atoms with Crippen molar-refractivity contribution in [3.05, 3.63) is 11.6 Å². The van der Waals surface area contributed by atoms with E-state index >= 15 is 0 Å². The highest BCUT2D eigenvalue weighted by molar-refractivity contribution is 5.91. The fourth-order valence-electron chi connectivity index (χ4n) is 8.27. The van der Waals surface area contributed by atoms with E-state index in [-0.39, 0.29) is 5.41 Å². The minimum atomic E-state index is -0.880. The molecule has 2 nitrogen and oxygen atoms in total. The normalized spacial score (nSPS) is 55.2.